The third kappa shape index (κ3) is 1.80. The highest BCUT2D eigenvalue weighted by molar-refractivity contribution is 5.75. The maximum absolute atomic E-state index is 8.63. The van der Waals surface area contributed by atoms with E-state index in [-0.39, 0.29) is 6.61 Å². The van der Waals surface area contributed by atoms with Crippen LogP contribution in [0, 0.1) is 0 Å². The molecule has 14 heavy (non-hydrogen) atoms. The number of nitrogens with one attached hydrogen (secondary N) is 1. The van der Waals surface area contributed by atoms with Crippen molar-refractivity contribution >= 4 is 16.9 Å². The number of aliphatic hydroxyl groups is 1. The van der Waals surface area contributed by atoms with E-state index in [1.54, 1.807) is 6.20 Å². The van der Waals surface area contributed by atoms with Crippen LogP contribution in [-0.4, -0.2) is 28.2 Å². The van der Waals surface area contributed by atoms with Gasteiger partial charge in [-0.05, 0) is 12.1 Å². The van der Waals surface area contributed by atoms with Crippen LogP contribution in [0.15, 0.2) is 30.5 Å². The molecular formula is C10H11N3O. The van der Waals surface area contributed by atoms with Crippen LogP contribution in [0.3, 0.4) is 0 Å². The normalized spacial score (nSPS) is 10.4. The molecule has 72 valence electrons. The first-order valence-corrected chi connectivity index (χ1v) is 4.46. The Labute approximate surface area is 81.6 Å². The summed E-state index contributed by atoms with van der Waals surface area (Å²) in [6.07, 6.45) is 1.66. The van der Waals surface area contributed by atoms with Crippen molar-refractivity contribution in [3.8, 4) is 0 Å². The van der Waals surface area contributed by atoms with Crippen LogP contribution in [0.1, 0.15) is 0 Å². The summed E-state index contributed by atoms with van der Waals surface area (Å²) in [4.78, 5) is 8.56. The molecule has 0 saturated heterocycles. The van der Waals surface area contributed by atoms with E-state index in [2.05, 4.69) is 15.3 Å². The minimum absolute atomic E-state index is 0.0918. The number of aliphatic hydroxyl groups excluding tert-OH is 1. The summed E-state index contributed by atoms with van der Waals surface area (Å²) in [5.74, 6) is 0.692. The van der Waals surface area contributed by atoms with E-state index in [0.29, 0.717) is 12.4 Å². The molecule has 2 N–H and O–H groups in total. The molecule has 0 aliphatic carbocycles. The van der Waals surface area contributed by atoms with Gasteiger partial charge >= 0.3 is 0 Å². The maximum Gasteiger partial charge on any atom is 0.145 e. The monoisotopic (exact) mass is 189 g/mol. The smallest absolute Gasteiger partial charge is 0.145 e. The highest BCUT2D eigenvalue weighted by Gasteiger charge is 1.96. The number of aromatic nitrogens is 2. The van der Waals surface area contributed by atoms with E-state index < -0.39 is 0 Å². The molecule has 0 unspecified atom stereocenters. The van der Waals surface area contributed by atoms with Crippen LogP contribution in [0.2, 0.25) is 0 Å². The second kappa shape index (κ2) is 4.02. The number of nitrogens with zero attached hydrogens (tertiary/aromatic N) is 2. The number of hydrogen-bond donors (Lipinski definition) is 2. The fourth-order valence-corrected chi connectivity index (χ4v) is 1.23. The molecule has 1 aromatic heterocycles. The zero-order valence-electron chi connectivity index (χ0n) is 7.64. The van der Waals surface area contributed by atoms with Gasteiger partial charge < -0.3 is 10.4 Å². The van der Waals surface area contributed by atoms with Gasteiger partial charge in [0.05, 0.1) is 23.8 Å². The third-order valence-corrected chi connectivity index (χ3v) is 1.87. The molecule has 4 heteroatoms. The summed E-state index contributed by atoms with van der Waals surface area (Å²) >= 11 is 0. The van der Waals surface area contributed by atoms with E-state index in [9.17, 15) is 0 Å². The number of hydrogen-bond acceptors (Lipinski definition) is 4. The summed E-state index contributed by atoms with van der Waals surface area (Å²) in [5.41, 5.74) is 1.73. The van der Waals surface area contributed by atoms with E-state index in [1.165, 1.54) is 0 Å². The van der Waals surface area contributed by atoms with Crippen LogP contribution in [0.25, 0.3) is 11.0 Å². The summed E-state index contributed by atoms with van der Waals surface area (Å²) in [7, 11) is 0. The van der Waals surface area contributed by atoms with Crippen LogP contribution in [-0.2, 0) is 0 Å². The van der Waals surface area contributed by atoms with Crippen molar-refractivity contribution in [3.05, 3.63) is 30.5 Å². The Hall–Kier alpha value is -1.68. The molecule has 0 spiro atoms. The summed E-state index contributed by atoms with van der Waals surface area (Å²) in [6, 6.07) is 7.68. The molecule has 0 atom stereocenters. The van der Waals surface area contributed by atoms with E-state index in [4.69, 9.17) is 5.11 Å². The van der Waals surface area contributed by atoms with Crippen LogP contribution >= 0.6 is 0 Å². The van der Waals surface area contributed by atoms with Crippen molar-refractivity contribution in [1.82, 2.24) is 9.97 Å². The Morgan fingerprint density at radius 3 is 2.79 bits per heavy atom. The minimum Gasteiger partial charge on any atom is -0.395 e. The van der Waals surface area contributed by atoms with Gasteiger partial charge in [-0.2, -0.15) is 0 Å². The van der Waals surface area contributed by atoms with Gasteiger partial charge in [-0.1, -0.05) is 12.1 Å². The van der Waals surface area contributed by atoms with Gasteiger partial charge in [0.25, 0.3) is 0 Å². The molecule has 0 bridgehead atoms. The average Bonchev–Trinajstić information content (AvgIpc) is 2.26. The molecular weight excluding hydrogens is 178 g/mol. The number of para-hydroxylation sites is 2. The third-order valence-electron chi connectivity index (χ3n) is 1.87. The van der Waals surface area contributed by atoms with Gasteiger partial charge in [0, 0.05) is 6.54 Å². The topological polar surface area (TPSA) is 58.0 Å². The molecule has 0 aliphatic heterocycles. The first kappa shape index (κ1) is 8.90. The maximum atomic E-state index is 8.63. The predicted octanol–water partition coefficient (Wildman–Crippen LogP) is 1.03. The molecule has 0 radical (unpaired) electrons. The van der Waals surface area contributed by atoms with Crippen LogP contribution in [0.5, 0.6) is 0 Å². The summed E-state index contributed by atoms with van der Waals surface area (Å²) < 4.78 is 0. The van der Waals surface area contributed by atoms with Gasteiger partial charge in [0.1, 0.15) is 5.82 Å². The molecule has 4 nitrogen and oxygen atoms in total. The van der Waals surface area contributed by atoms with E-state index in [1.807, 2.05) is 24.3 Å². The second-order valence-electron chi connectivity index (χ2n) is 2.89. The van der Waals surface area contributed by atoms with Crippen molar-refractivity contribution < 1.29 is 5.11 Å². The Morgan fingerprint density at radius 1 is 1.21 bits per heavy atom. The first-order chi connectivity index (χ1) is 6.90. The van der Waals surface area contributed by atoms with Gasteiger partial charge in [-0.3, -0.25) is 4.98 Å². The Kier molecular flexibility index (Phi) is 2.55. The van der Waals surface area contributed by atoms with Crippen LogP contribution < -0.4 is 5.32 Å². The fraction of sp³-hybridized carbons (Fsp3) is 0.200. The zero-order valence-corrected chi connectivity index (χ0v) is 7.64. The Balaban J connectivity index is 2.32. The number of rotatable bonds is 3. The Morgan fingerprint density at radius 2 is 2.00 bits per heavy atom. The lowest BCUT2D eigenvalue weighted by Crippen LogP contribution is -2.07. The van der Waals surface area contributed by atoms with Crippen molar-refractivity contribution in [2.24, 2.45) is 0 Å². The first-order valence-electron chi connectivity index (χ1n) is 4.46. The number of benzene rings is 1. The number of fused-ring (bicyclic) bond motifs is 1. The fourth-order valence-electron chi connectivity index (χ4n) is 1.23. The molecule has 0 amide bonds. The standard InChI is InChI=1S/C10H11N3O/c14-6-5-11-10-7-12-8-3-1-2-4-9(8)13-10/h1-4,7,14H,5-6H2,(H,11,13). The predicted molar refractivity (Wildman–Crippen MR) is 55.1 cm³/mol. The molecule has 0 aliphatic rings. The van der Waals surface area contributed by atoms with E-state index >= 15 is 0 Å². The molecule has 1 heterocycles. The molecule has 1 aromatic carbocycles. The SMILES string of the molecule is OCCNc1cnc2ccccc2n1. The summed E-state index contributed by atoms with van der Waals surface area (Å²) in [6.45, 7) is 0.585. The quantitative estimate of drug-likeness (QED) is 0.757. The molecule has 2 aromatic rings. The lowest BCUT2D eigenvalue weighted by Gasteiger charge is -2.03. The van der Waals surface area contributed by atoms with Crippen LogP contribution in [0.4, 0.5) is 5.82 Å². The highest BCUT2D eigenvalue weighted by Crippen LogP contribution is 2.10. The summed E-state index contributed by atoms with van der Waals surface area (Å²) in [5, 5.41) is 11.6. The van der Waals surface area contributed by atoms with Crippen molar-refractivity contribution in [2.45, 2.75) is 0 Å². The minimum atomic E-state index is 0.0918. The second-order valence-corrected chi connectivity index (χ2v) is 2.89. The zero-order chi connectivity index (χ0) is 9.80. The number of anilines is 1. The Bertz CT molecular complexity index is 430. The van der Waals surface area contributed by atoms with Crippen molar-refractivity contribution in [3.63, 3.8) is 0 Å². The van der Waals surface area contributed by atoms with Gasteiger partial charge in [0.15, 0.2) is 0 Å². The largest absolute Gasteiger partial charge is 0.395 e. The van der Waals surface area contributed by atoms with E-state index in [0.717, 1.165) is 11.0 Å². The lowest BCUT2D eigenvalue weighted by atomic mass is 10.3. The van der Waals surface area contributed by atoms with Gasteiger partial charge in [0.2, 0.25) is 0 Å². The average molecular weight is 189 g/mol. The van der Waals surface area contributed by atoms with Crippen molar-refractivity contribution in [1.29, 1.82) is 0 Å². The molecule has 0 saturated carbocycles. The van der Waals surface area contributed by atoms with Gasteiger partial charge in [-0.15, -0.1) is 0 Å². The molecule has 2 rings (SSSR count). The van der Waals surface area contributed by atoms with Crippen molar-refractivity contribution in [2.75, 3.05) is 18.5 Å². The lowest BCUT2D eigenvalue weighted by molar-refractivity contribution is 0.311. The molecule has 0 fully saturated rings. The van der Waals surface area contributed by atoms with Gasteiger partial charge in [-0.25, -0.2) is 4.98 Å². The highest BCUT2D eigenvalue weighted by atomic mass is 16.3.